The maximum Gasteiger partial charge on any atom is 0.260 e. The maximum atomic E-state index is 12.7. The first-order valence-electron chi connectivity index (χ1n) is 8.89. The summed E-state index contributed by atoms with van der Waals surface area (Å²) >= 11 is 0. The lowest BCUT2D eigenvalue weighted by atomic mass is 10.1. The van der Waals surface area contributed by atoms with E-state index in [9.17, 15) is 19.8 Å². The molecular formula is C22H17N3O4. The Bertz CT molecular complexity index is 1260. The molecular weight excluding hydrogens is 370 g/mol. The fraction of sp³-hybridized carbons (Fsp3) is 0.0455. The molecule has 4 rings (SSSR count). The van der Waals surface area contributed by atoms with Gasteiger partial charge in [0.1, 0.15) is 6.54 Å². The van der Waals surface area contributed by atoms with Crippen LogP contribution >= 0.6 is 0 Å². The van der Waals surface area contributed by atoms with Gasteiger partial charge in [-0.05, 0) is 48.0 Å². The molecule has 29 heavy (non-hydrogen) atoms. The van der Waals surface area contributed by atoms with Crippen molar-refractivity contribution < 1.29 is 15.0 Å². The van der Waals surface area contributed by atoms with E-state index >= 15 is 0 Å². The molecule has 0 saturated carbocycles. The highest BCUT2D eigenvalue weighted by atomic mass is 16.3. The van der Waals surface area contributed by atoms with E-state index in [0.717, 1.165) is 0 Å². The normalized spacial score (nSPS) is 11.3. The number of carbonyl (C=O) groups excluding carboxylic acids is 1. The van der Waals surface area contributed by atoms with Gasteiger partial charge in [-0.2, -0.15) is 5.10 Å². The zero-order chi connectivity index (χ0) is 20.4. The average Bonchev–Trinajstić information content (AvgIpc) is 2.74. The Morgan fingerprint density at radius 2 is 1.55 bits per heavy atom. The smallest absolute Gasteiger partial charge is 0.260 e. The van der Waals surface area contributed by atoms with E-state index in [1.165, 1.54) is 18.3 Å². The van der Waals surface area contributed by atoms with Crippen LogP contribution in [0.25, 0.3) is 21.8 Å². The Morgan fingerprint density at radius 3 is 2.17 bits per heavy atom. The van der Waals surface area contributed by atoms with Crippen molar-refractivity contribution in [3.05, 3.63) is 82.5 Å². The molecule has 0 aliphatic heterocycles. The zero-order valence-corrected chi connectivity index (χ0v) is 15.2. The number of pyridine rings is 1. The molecule has 144 valence electrons. The second-order valence-corrected chi connectivity index (χ2v) is 6.49. The SMILES string of the molecule is O=C(Cn1c2ccccc2c(=O)c2ccccc21)N/N=C/c1ccc(O)c(O)c1. The van der Waals surface area contributed by atoms with Crippen LogP contribution in [0.2, 0.25) is 0 Å². The van der Waals surface area contributed by atoms with Crippen LogP contribution in [0.15, 0.2) is 76.6 Å². The number of hydrazone groups is 1. The molecule has 1 amide bonds. The number of fused-ring (bicyclic) bond motifs is 2. The molecule has 0 fully saturated rings. The predicted octanol–water partition coefficient (Wildman–Crippen LogP) is 2.72. The largest absolute Gasteiger partial charge is 0.504 e. The van der Waals surface area contributed by atoms with Crippen molar-refractivity contribution in [2.75, 3.05) is 0 Å². The minimum absolute atomic E-state index is 0.0283. The summed E-state index contributed by atoms with van der Waals surface area (Å²) in [5, 5.41) is 23.8. The van der Waals surface area contributed by atoms with Gasteiger partial charge in [0.25, 0.3) is 5.91 Å². The number of aromatic nitrogens is 1. The Morgan fingerprint density at radius 1 is 0.931 bits per heavy atom. The van der Waals surface area contributed by atoms with E-state index in [0.29, 0.717) is 27.4 Å². The van der Waals surface area contributed by atoms with E-state index in [2.05, 4.69) is 10.5 Å². The molecule has 0 saturated heterocycles. The van der Waals surface area contributed by atoms with E-state index in [4.69, 9.17) is 0 Å². The Labute approximate surface area is 165 Å². The monoisotopic (exact) mass is 387 g/mol. The fourth-order valence-electron chi connectivity index (χ4n) is 3.23. The molecule has 0 bridgehead atoms. The summed E-state index contributed by atoms with van der Waals surface area (Å²) < 4.78 is 1.78. The highest BCUT2D eigenvalue weighted by molar-refractivity contribution is 5.95. The van der Waals surface area contributed by atoms with E-state index in [-0.39, 0.29) is 29.4 Å². The third kappa shape index (κ3) is 3.53. The standard InChI is InChI=1S/C22H17N3O4/c26-19-10-9-14(11-20(19)27)12-23-24-21(28)13-25-17-7-3-1-5-15(17)22(29)16-6-2-4-8-18(16)25/h1-12,26-27H,13H2,(H,24,28)/b23-12+. The number of hydrogen-bond donors (Lipinski definition) is 3. The summed E-state index contributed by atoms with van der Waals surface area (Å²) in [6.07, 6.45) is 1.36. The van der Waals surface area contributed by atoms with E-state index in [1.807, 2.05) is 12.1 Å². The predicted molar refractivity (Wildman–Crippen MR) is 111 cm³/mol. The quantitative estimate of drug-likeness (QED) is 0.217. The van der Waals surface area contributed by atoms with Crippen LogP contribution in [0.4, 0.5) is 0 Å². The fourth-order valence-corrected chi connectivity index (χ4v) is 3.23. The molecule has 7 nitrogen and oxygen atoms in total. The van der Waals surface area contributed by atoms with Crippen molar-refractivity contribution >= 4 is 33.9 Å². The van der Waals surface area contributed by atoms with Gasteiger partial charge in [0.05, 0.1) is 17.2 Å². The number of aromatic hydroxyl groups is 2. The number of phenols is 2. The summed E-state index contributed by atoms with van der Waals surface area (Å²) in [4.78, 5) is 25.2. The Hall–Kier alpha value is -4.13. The first kappa shape index (κ1) is 18.2. The van der Waals surface area contributed by atoms with Gasteiger partial charge in [-0.25, -0.2) is 5.43 Å². The summed E-state index contributed by atoms with van der Waals surface area (Å²) in [6, 6.07) is 18.5. The first-order chi connectivity index (χ1) is 14.0. The van der Waals surface area contributed by atoms with Gasteiger partial charge >= 0.3 is 0 Å². The Kier molecular flexibility index (Phi) is 4.70. The summed E-state index contributed by atoms with van der Waals surface area (Å²) in [7, 11) is 0. The molecule has 3 aromatic carbocycles. The van der Waals surface area contributed by atoms with Crippen LogP contribution in [0, 0.1) is 0 Å². The Balaban J connectivity index is 1.64. The van der Waals surface area contributed by atoms with Crippen LogP contribution < -0.4 is 10.9 Å². The highest BCUT2D eigenvalue weighted by Crippen LogP contribution is 2.24. The number of hydrogen-bond acceptors (Lipinski definition) is 5. The molecule has 4 aromatic rings. The third-order valence-corrected chi connectivity index (χ3v) is 4.58. The molecule has 0 aliphatic rings. The van der Waals surface area contributed by atoms with Gasteiger partial charge in [0.15, 0.2) is 16.9 Å². The van der Waals surface area contributed by atoms with Gasteiger partial charge < -0.3 is 14.8 Å². The lowest BCUT2D eigenvalue weighted by molar-refractivity contribution is -0.121. The number of nitrogens with zero attached hydrogens (tertiary/aromatic N) is 2. The van der Waals surface area contributed by atoms with Crippen molar-refractivity contribution in [3.8, 4) is 11.5 Å². The van der Waals surface area contributed by atoms with Gasteiger partial charge in [0, 0.05) is 10.8 Å². The molecule has 0 spiro atoms. The van der Waals surface area contributed by atoms with Gasteiger partial charge in [-0.1, -0.05) is 24.3 Å². The van der Waals surface area contributed by atoms with Gasteiger partial charge in [0.2, 0.25) is 0 Å². The summed E-state index contributed by atoms with van der Waals surface area (Å²) in [6.45, 7) is -0.0283. The van der Waals surface area contributed by atoms with Crippen molar-refractivity contribution in [3.63, 3.8) is 0 Å². The number of nitrogens with one attached hydrogen (secondary N) is 1. The number of carbonyl (C=O) groups is 1. The number of rotatable bonds is 4. The topological polar surface area (TPSA) is 104 Å². The minimum atomic E-state index is -0.372. The summed E-state index contributed by atoms with van der Waals surface area (Å²) in [5.41, 5.74) is 4.22. The van der Waals surface area contributed by atoms with Crippen LogP contribution in [0.3, 0.4) is 0 Å². The zero-order valence-electron chi connectivity index (χ0n) is 15.2. The van der Waals surface area contributed by atoms with E-state index in [1.54, 1.807) is 47.0 Å². The van der Waals surface area contributed by atoms with E-state index < -0.39 is 0 Å². The molecule has 1 heterocycles. The molecule has 0 aliphatic carbocycles. The molecule has 0 unspecified atom stereocenters. The van der Waals surface area contributed by atoms with Gasteiger partial charge in [-0.3, -0.25) is 9.59 Å². The highest BCUT2D eigenvalue weighted by Gasteiger charge is 2.12. The maximum absolute atomic E-state index is 12.7. The van der Waals surface area contributed by atoms with Crippen molar-refractivity contribution in [1.82, 2.24) is 9.99 Å². The van der Waals surface area contributed by atoms with Crippen molar-refractivity contribution in [1.29, 1.82) is 0 Å². The number of amides is 1. The molecule has 0 radical (unpaired) electrons. The first-order valence-corrected chi connectivity index (χ1v) is 8.89. The van der Waals surface area contributed by atoms with Crippen LogP contribution in [-0.2, 0) is 11.3 Å². The molecule has 0 atom stereocenters. The van der Waals surface area contributed by atoms with Crippen molar-refractivity contribution in [2.45, 2.75) is 6.54 Å². The van der Waals surface area contributed by atoms with Crippen LogP contribution in [0.1, 0.15) is 5.56 Å². The van der Waals surface area contributed by atoms with Crippen LogP contribution in [0.5, 0.6) is 11.5 Å². The second-order valence-electron chi connectivity index (χ2n) is 6.49. The second kappa shape index (κ2) is 7.47. The molecule has 1 aromatic heterocycles. The number of phenolic OH excluding ortho intramolecular Hbond substituents is 2. The van der Waals surface area contributed by atoms with Crippen molar-refractivity contribution in [2.24, 2.45) is 5.10 Å². The van der Waals surface area contributed by atoms with Crippen LogP contribution in [-0.4, -0.2) is 26.9 Å². The molecule has 3 N–H and O–H groups in total. The summed E-state index contributed by atoms with van der Waals surface area (Å²) in [5.74, 6) is -0.877. The molecule has 7 heteroatoms. The lowest BCUT2D eigenvalue weighted by Crippen LogP contribution is -2.25. The number of para-hydroxylation sites is 2. The number of benzene rings is 3. The van der Waals surface area contributed by atoms with Gasteiger partial charge in [-0.15, -0.1) is 0 Å². The average molecular weight is 387 g/mol. The minimum Gasteiger partial charge on any atom is -0.504 e. The lowest BCUT2D eigenvalue weighted by Gasteiger charge is -2.14. The third-order valence-electron chi connectivity index (χ3n) is 4.58.